The Balaban J connectivity index is 2.01. The van der Waals surface area contributed by atoms with Crippen molar-refractivity contribution in [1.82, 2.24) is 0 Å². The van der Waals surface area contributed by atoms with Crippen LogP contribution in [0.4, 0.5) is 11.4 Å². The molecule has 0 spiro atoms. The van der Waals surface area contributed by atoms with Crippen LogP contribution in [0, 0.1) is 23.7 Å². The van der Waals surface area contributed by atoms with Gasteiger partial charge in [-0.05, 0) is 124 Å². The Morgan fingerprint density at radius 1 is 0.596 bits per heavy atom. The van der Waals surface area contributed by atoms with Crippen molar-refractivity contribution in [3.63, 3.8) is 0 Å². The van der Waals surface area contributed by atoms with Crippen LogP contribution in [0.25, 0.3) is 0 Å². The van der Waals surface area contributed by atoms with Crippen LogP contribution in [-0.4, -0.2) is 36.6 Å². The fraction of sp³-hybridized carbons (Fsp3) is 0.522. The summed E-state index contributed by atoms with van der Waals surface area (Å²) in [6.45, 7) is 20.9. The van der Waals surface area contributed by atoms with Crippen LogP contribution in [-0.2, 0) is 29.9 Å². The molecular formula is C46H64N2O4. The highest BCUT2D eigenvalue weighted by Crippen LogP contribution is 2.43. The van der Waals surface area contributed by atoms with E-state index in [0.29, 0.717) is 25.7 Å². The molecule has 0 heterocycles. The van der Waals surface area contributed by atoms with Crippen molar-refractivity contribution in [2.75, 3.05) is 0 Å². The molecule has 0 fully saturated rings. The average molecular weight is 709 g/mol. The van der Waals surface area contributed by atoms with Crippen LogP contribution in [0.3, 0.4) is 0 Å². The van der Waals surface area contributed by atoms with Gasteiger partial charge in [-0.1, -0.05) is 102 Å². The lowest BCUT2D eigenvalue weighted by molar-refractivity contribution is -0.154. The Kier molecular flexibility index (Phi) is 16.5. The first kappa shape index (κ1) is 42.4. The second-order valence-electron chi connectivity index (χ2n) is 15.8. The van der Waals surface area contributed by atoms with Crippen molar-refractivity contribution in [2.45, 2.75) is 131 Å². The van der Waals surface area contributed by atoms with E-state index in [-0.39, 0.29) is 58.6 Å². The minimum Gasteiger partial charge on any atom is -0.463 e. The lowest BCUT2D eigenvalue weighted by Crippen LogP contribution is -2.35. The Morgan fingerprint density at radius 3 is 1.29 bits per heavy atom. The quantitative estimate of drug-likeness (QED) is 0.0864. The fourth-order valence-electron chi connectivity index (χ4n) is 6.97. The van der Waals surface area contributed by atoms with Crippen LogP contribution in [0.5, 0.6) is 0 Å². The predicted octanol–water partition coefficient (Wildman–Crippen LogP) is 11.8. The maximum Gasteiger partial charge on any atom is 0.309 e. The normalized spacial score (nSPS) is 14.8. The summed E-state index contributed by atoms with van der Waals surface area (Å²) >= 11 is 0. The summed E-state index contributed by atoms with van der Waals surface area (Å²) in [7, 11) is 0. The molecule has 6 nitrogen and oxygen atoms in total. The van der Waals surface area contributed by atoms with E-state index in [1.54, 1.807) is 0 Å². The molecule has 4 unspecified atom stereocenters. The highest BCUT2D eigenvalue weighted by atomic mass is 16.5. The number of hydrogen-bond acceptors (Lipinski definition) is 6. The summed E-state index contributed by atoms with van der Waals surface area (Å²) in [5.74, 6) is -0.439. The number of esters is 2. The molecule has 282 valence electrons. The summed E-state index contributed by atoms with van der Waals surface area (Å²) in [6, 6.07) is 28.9. The first-order valence-electron chi connectivity index (χ1n) is 19.4. The van der Waals surface area contributed by atoms with E-state index in [0.717, 1.165) is 24.2 Å². The van der Waals surface area contributed by atoms with Crippen molar-refractivity contribution in [2.24, 2.45) is 33.7 Å². The molecule has 0 bridgehead atoms. The molecule has 52 heavy (non-hydrogen) atoms. The van der Waals surface area contributed by atoms with E-state index in [4.69, 9.17) is 19.5 Å². The molecule has 0 amide bonds. The van der Waals surface area contributed by atoms with Crippen molar-refractivity contribution >= 4 is 35.7 Å². The highest BCUT2D eigenvalue weighted by molar-refractivity contribution is 5.73. The number of hydrogen-bond donors (Lipinski definition) is 0. The van der Waals surface area contributed by atoms with Gasteiger partial charge in [-0.25, -0.2) is 0 Å². The highest BCUT2D eigenvalue weighted by Gasteiger charge is 2.38. The van der Waals surface area contributed by atoms with Gasteiger partial charge in [0.1, 0.15) is 0 Å². The van der Waals surface area contributed by atoms with E-state index >= 15 is 0 Å². The molecule has 0 aliphatic rings. The third-order valence-corrected chi connectivity index (χ3v) is 10.7. The zero-order valence-corrected chi connectivity index (χ0v) is 33.5. The largest absolute Gasteiger partial charge is 0.463 e. The van der Waals surface area contributed by atoms with Crippen molar-refractivity contribution < 1.29 is 19.1 Å². The fourth-order valence-corrected chi connectivity index (χ4v) is 6.97. The molecule has 6 heteroatoms. The molecule has 0 aliphatic heterocycles. The molecule has 4 atom stereocenters. The minimum absolute atomic E-state index is 0.118. The minimum atomic E-state index is -0.294. The third-order valence-electron chi connectivity index (χ3n) is 10.7. The topological polar surface area (TPSA) is 77.3 Å². The maximum absolute atomic E-state index is 13.2. The molecule has 0 saturated heterocycles. The third kappa shape index (κ3) is 12.6. The zero-order valence-electron chi connectivity index (χ0n) is 33.5. The van der Waals surface area contributed by atoms with Gasteiger partial charge >= 0.3 is 11.9 Å². The van der Waals surface area contributed by atoms with Crippen LogP contribution in [0.1, 0.15) is 119 Å². The molecule has 0 N–H and O–H groups in total. The van der Waals surface area contributed by atoms with Gasteiger partial charge in [-0.2, -0.15) is 0 Å². The molecule has 0 saturated carbocycles. The number of carbonyl (C=O) groups is 2. The molecule has 3 rings (SSSR count). The van der Waals surface area contributed by atoms with Gasteiger partial charge in [-0.15, -0.1) is 0 Å². The van der Waals surface area contributed by atoms with E-state index in [1.165, 1.54) is 11.1 Å². The van der Waals surface area contributed by atoms with Crippen LogP contribution in [0.2, 0.25) is 0 Å². The molecule has 0 radical (unpaired) electrons. The molecule has 0 aromatic heterocycles. The monoisotopic (exact) mass is 708 g/mol. The van der Waals surface area contributed by atoms with E-state index in [1.807, 2.05) is 101 Å². The molecular weight excluding hydrogens is 645 g/mol. The summed E-state index contributed by atoms with van der Waals surface area (Å²) in [5, 5.41) is 0. The Hall–Kier alpha value is -4.06. The zero-order chi connectivity index (χ0) is 38.3. The predicted molar refractivity (Wildman–Crippen MR) is 217 cm³/mol. The van der Waals surface area contributed by atoms with Crippen molar-refractivity contribution in [3.05, 3.63) is 96.1 Å². The first-order chi connectivity index (χ1) is 24.7. The van der Waals surface area contributed by atoms with Crippen LogP contribution < -0.4 is 0 Å². The molecule has 3 aromatic carbocycles. The van der Waals surface area contributed by atoms with Gasteiger partial charge in [0, 0.05) is 12.4 Å². The number of aliphatic imine (C=N–C) groups is 2. The van der Waals surface area contributed by atoms with Gasteiger partial charge < -0.3 is 9.47 Å². The lowest BCUT2D eigenvalue weighted by Gasteiger charge is -2.39. The first-order valence-corrected chi connectivity index (χ1v) is 19.4. The van der Waals surface area contributed by atoms with Crippen molar-refractivity contribution in [1.29, 1.82) is 0 Å². The van der Waals surface area contributed by atoms with Crippen LogP contribution >= 0.6 is 0 Å². The number of para-hydroxylation sites is 2. The smallest absolute Gasteiger partial charge is 0.309 e. The second kappa shape index (κ2) is 20.3. The van der Waals surface area contributed by atoms with E-state index in [2.05, 4.69) is 65.8 Å². The summed E-state index contributed by atoms with van der Waals surface area (Å²) in [5.41, 5.74) is 3.67. The van der Waals surface area contributed by atoms with Gasteiger partial charge in [0.15, 0.2) is 0 Å². The number of rotatable bonds is 20. The van der Waals surface area contributed by atoms with Crippen LogP contribution in [0.15, 0.2) is 94.9 Å². The van der Waals surface area contributed by atoms with Gasteiger partial charge in [-0.3, -0.25) is 19.6 Å². The lowest BCUT2D eigenvalue weighted by atomic mass is 9.65. The standard InChI is InChI=1S/C46H64N2O4/c1-11-35(43(49)51-33(3)4)30-39(26-28-47-41-22-15-13-16-23-41)45(7,8)37-20-19-21-38(32-37)46(9,10)40(27-29-48-42-24-17-14-18-25-42)31-36(12-2)44(50)52-34(5)6/h13-25,28-29,32-36,39-40H,11-12,26-27,30-31H2,1-10H3. The summed E-state index contributed by atoms with van der Waals surface area (Å²) in [6.07, 6.45) is 7.96. The Labute approximate surface area is 314 Å². The second-order valence-corrected chi connectivity index (χ2v) is 15.8. The number of nitrogens with zero attached hydrogens (tertiary/aromatic N) is 2. The van der Waals surface area contributed by atoms with Gasteiger partial charge in [0.25, 0.3) is 0 Å². The Bertz CT molecular complexity index is 1460. The van der Waals surface area contributed by atoms with E-state index < -0.39 is 0 Å². The van der Waals surface area contributed by atoms with Crippen molar-refractivity contribution in [3.8, 4) is 0 Å². The number of ether oxygens (including phenoxy) is 2. The molecule has 3 aromatic rings. The van der Waals surface area contributed by atoms with Gasteiger partial charge in [0.05, 0.1) is 35.4 Å². The summed E-state index contributed by atoms with van der Waals surface area (Å²) in [4.78, 5) is 36.0. The number of benzene rings is 3. The SMILES string of the molecule is CCC(CC(CC=Nc1ccccc1)C(C)(C)c1cccc(C(C)(C)C(CC=Nc2ccccc2)CC(CC)C(=O)OC(C)C)c1)C(=O)OC(C)C. The molecule has 0 aliphatic carbocycles. The van der Waals surface area contributed by atoms with Gasteiger partial charge in [0.2, 0.25) is 0 Å². The van der Waals surface area contributed by atoms with E-state index in [9.17, 15) is 9.59 Å². The summed E-state index contributed by atoms with van der Waals surface area (Å²) < 4.78 is 11.4. The average Bonchev–Trinajstić information content (AvgIpc) is 3.11. The Morgan fingerprint density at radius 2 is 0.962 bits per heavy atom. The maximum atomic E-state index is 13.2. The number of carbonyl (C=O) groups excluding carboxylic acids is 2.